The van der Waals surface area contributed by atoms with Crippen LogP contribution in [0, 0.1) is 6.92 Å². The fourth-order valence-electron chi connectivity index (χ4n) is 5.48. The van der Waals surface area contributed by atoms with Crippen molar-refractivity contribution in [2.24, 2.45) is 7.05 Å². The standard InChI is InChI=1S/C30H34N6O/c1-20-9-10-23(36-14-13-34(3)21(2)18-36)15-25(20)29(37)33-30(11-12-30)26-16-28(22-17-31-35(4)19-22)32-27-8-6-5-7-24(26)27/h5-10,15-17,19,21H,11-14,18H2,1-4H3,(H,33,37)/t21-/m1/s1. The molecule has 1 saturated heterocycles. The number of pyridine rings is 1. The first kappa shape index (κ1) is 23.7. The summed E-state index contributed by atoms with van der Waals surface area (Å²) >= 11 is 0. The van der Waals surface area contributed by atoms with Crippen LogP contribution >= 0.6 is 0 Å². The van der Waals surface area contributed by atoms with Crippen LogP contribution in [-0.2, 0) is 12.6 Å². The van der Waals surface area contributed by atoms with Crippen LogP contribution in [0.5, 0.6) is 0 Å². The Labute approximate surface area is 218 Å². The lowest BCUT2D eigenvalue weighted by atomic mass is 9.96. The molecule has 7 nitrogen and oxygen atoms in total. The van der Waals surface area contributed by atoms with Gasteiger partial charge in [-0.05, 0) is 69.1 Å². The minimum atomic E-state index is -0.388. The van der Waals surface area contributed by atoms with E-state index in [4.69, 9.17) is 4.98 Å². The number of likely N-dealkylation sites (N-methyl/N-ethyl adjacent to an activating group) is 1. The van der Waals surface area contributed by atoms with E-state index in [1.54, 1.807) is 4.68 Å². The number of rotatable bonds is 5. The van der Waals surface area contributed by atoms with Crippen LogP contribution in [-0.4, -0.2) is 58.3 Å². The minimum Gasteiger partial charge on any atom is -0.369 e. The van der Waals surface area contributed by atoms with Crippen molar-refractivity contribution in [2.45, 2.75) is 38.3 Å². The minimum absolute atomic E-state index is 0.0113. The Morgan fingerprint density at radius 3 is 2.62 bits per heavy atom. The molecule has 0 bridgehead atoms. The number of hydrogen-bond acceptors (Lipinski definition) is 5. The number of anilines is 1. The van der Waals surface area contributed by atoms with Crippen molar-refractivity contribution in [2.75, 3.05) is 31.6 Å². The number of nitrogens with one attached hydrogen (secondary N) is 1. The number of fused-ring (bicyclic) bond motifs is 1. The average molecular weight is 495 g/mol. The van der Waals surface area contributed by atoms with E-state index >= 15 is 0 Å². The van der Waals surface area contributed by atoms with Crippen molar-refractivity contribution in [3.05, 3.63) is 77.6 Å². The maximum atomic E-state index is 13.8. The van der Waals surface area contributed by atoms with E-state index in [-0.39, 0.29) is 11.4 Å². The number of hydrogen-bond donors (Lipinski definition) is 1. The van der Waals surface area contributed by atoms with E-state index in [0.29, 0.717) is 6.04 Å². The molecule has 0 unspecified atom stereocenters. The van der Waals surface area contributed by atoms with Gasteiger partial charge in [0.15, 0.2) is 0 Å². The second-order valence-electron chi connectivity index (χ2n) is 10.8. The second-order valence-corrected chi connectivity index (χ2v) is 10.8. The zero-order valence-electron chi connectivity index (χ0n) is 22.0. The number of aryl methyl sites for hydroxylation is 2. The first-order chi connectivity index (χ1) is 17.8. The zero-order valence-corrected chi connectivity index (χ0v) is 22.0. The van der Waals surface area contributed by atoms with Crippen molar-refractivity contribution < 1.29 is 4.79 Å². The third-order valence-electron chi connectivity index (χ3n) is 8.13. The molecule has 2 aliphatic rings. The molecule has 1 amide bonds. The summed E-state index contributed by atoms with van der Waals surface area (Å²) in [6.07, 6.45) is 5.64. The van der Waals surface area contributed by atoms with E-state index in [1.807, 2.05) is 44.6 Å². The molecule has 1 aliphatic carbocycles. The number of nitrogens with zero attached hydrogens (tertiary/aromatic N) is 5. The lowest BCUT2D eigenvalue weighted by Crippen LogP contribution is -2.50. The van der Waals surface area contributed by atoms with Crippen molar-refractivity contribution in [3.8, 4) is 11.3 Å². The molecule has 3 heterocycles. The van der Waals surface area contributed by atoms with Crippen molar-refractivity contribution >= 4 is 22.5 Å². The first-order valence-electron chi connectivity index (χ1n) is 13.1. The van der Waals surface area contributed by atoms with Gasteiger partial charge in [0, 0.05) is 61.1 Å². The Morgan fingerprint density at radius 1 is 1.08 bits per heavy atom. The summed E-state index contributed by atoms with van der Waals surface area (Å²) < 4.78 is 1.79. The monoisotopic (exact) mass is 494 g/mol. The van der Waals surface area contributed by atoms with Gasteiger partial charge in [-0.1, -0.05) is 24.3 Å². The SMILES string of the molecule is Cc1ccc(N2CCN(C)[C@H](C)C2)cc1C(=O)NC1(c2cc(-c3cnn(C)c3)nc3ccccc23)CC1. The molecule has 2 fully saturated rings. The van der Waals surface area contributed by atoms with Crippen LogP contribution in [0.2, 0.25) is 0 Å². The van der Waals surface area contributed by atoms with Crippen molar-refractivity contribution in [3.63, 3.8) is 0 Å². The van der Waals surface area contributed by atoms with Crippen LogP contribution in [0.1, 0.15) is 41.3 Å². The molecule has 7 heteroatoms. The molecule has 0 spiro atoms. The topological polar surface area (TPSA) is 66.3 Å². The summed E-state index contributed by atoms with van der Waals surface area (Å²) in [4.78, 5) is 23.5. The van der Waals surface area contributed by atoms with Crippen LogP contribution in [0.3, 0.4) is 0 Å². The number of carbonyl (C=O) groups excluding carboxylic acids is 1. The second kappa shape index (κ2) is 8.99. The Bertz CT molecular complexity index is 1490. The molecular formula is C30H34N6O. The Morgan fingerprint density at radius 2 is 1.89 bits per heavy atom. The van der Waals surface area contributed by atoms with Gasteiger partial charge in [-0.3, -0.25) is 9.48 Å². The van der Waals surface area contributed by atoms with Crippen molar-refractivity contribution in [1.82, 2.24) is 25.0 Å². The molecule has 0 radical (unpaired) electrons. The molecule has 2 aromatic carbocycles. The molecule has 37 heavy (non-hydrogen) atoms. The van der Waals surface area contributed by atoms with Crippen LogP contribution in [0.15, 0.2) is 60.9 Å². The van der Waals surface area contributed by atoms with Gasteiger partial charge in [0.05, 0.1) is 22.9 Å². The predicted octanol–water partition coefficient (Wildman–Crippen LogP) is 4.50. The predicted molar refractivity (Wildman–Crippen MR) is 148 cm³/mol. The Balaban J connectivity index is 1.33. The lowest BCUT2D eigenvalue weighted by Gasteiger charge is -2.39. The van der Waals surface area contributed by atoms with E-state index in [2.05, 4.69) is 64.5 Å². The lowest BCUT2D eigenvalue weighted by molar-refractivity contribution is 0.0930. The van der Waals surface area contributed by atoms with E-state index in [9.17, 15) is 4.79 Å². The highest BCUT2D eigenvalue weighted by molar-refractivity contribution is 5.98. The maximum absolute atomic E-state index is 13.8. The number of benzene rings is 2. The van der Waals surface area contributed by atoms with Gasteiger partial charge in [-0.15, -0.1) is 0 Å². The van der Waals surface area contributed by atoms with Crippen LogP contribution in [0.25, 0.3) is 22.2 Å². The number of amides is 1. The van der Waals surface area contributed by atoms with E-state index in [0.717, 1.165) is 77.0 Å². The van der Waals surface area contributed by atoms with E-state index < -0.39 is 0 Å². The number of para-hydroxylation sites is 1. The molecule has 1 atom stereocenters. The highest BCUT2D eigenvalue weighted by Crippen LogP contribution is 2.49. The zero-order chi connectivity index (χ0) is 25.7. The van der Waals surface area contributed by atoms with Gasteiger partial charge in [0.25, 0.3) is 5.91 Å². The smallest absolute Gasteiger partial charge is 0.252 e. The van der Waals surface area contributed by atoms with Gasteiger partial charge in [-0.2, -0.15) is 5.10 Å². The molecule has 1 aliphatic heterocycles. The Kier molecular flexibility index (Phi) is 5.75. The molecule has 1 N–H and O–H groups in total. The number of piperazine rings is 1. The van der Waals surface area contributed by atoms with Gasteiger partial charge < -0.3 is 15.1 Å². The molecule has 2 aromatic heterocycles. The third kappa shape index (κ3) is 4.37. The van der Waals surface area contributed by atoms with Crippen molar-refractivity contribution in [1.29, 1.82) is 0 Å². The largest absolute Gasteiger partial charge is 0.369 e. The summed E-state index contributed by atoms with van der Waals surface area (Å²) in [5, 5.41) is 8.87. The summed E-state index contributed by atoms with van der Waals surface area (Å²) in [5.41, 5.74) is 6.39. The normalized spacial score (nSPS) is 19.2. The summed E-state index contributed by atoms with van der Waals surface area (Å²) in [6, 6.07) is 17.1. The highest BCUT2D eigenvalue weighted by Gasteiger charge is 2.47. The van der Waals surface area contributed by atoms with Gasteiger partial charge in [0.2, 0.25) is 0 Å². The molecular weight excluding hydrogens is 460 g/mol. The van der Waals surface area contributed by atoms with Crippen LogP contribution in [0.4, 0.5) is 5.69 Å². The fraction of sp³-hybridized carbons (Fsp3) is 0.367. The summed E-state index contributed by atoms with van der Waals surface area (Å²) in [5.74, 6) is -0.0113. The van der Waals surface area contributed by atoms with Crippen LogP contribution < -0.4 is 10.2 Å². The number of aromatic nitrogens is 3. The maximum Gasteiger partial charge on any atom is 0.252 e. The van der Waals surface area contributed by atoms with Gasteiger partial charge in [-0.25, -0.2) is 4.98 Å². The summed E-state index contributed by atoms with van der Waals surface area (Å²) in [7, 11) is 4.08. The molecule has 6 rings (SSSR count). The molecule has 190 valence electrons. The average Bonchev–Trinajstić information content (AvgIpc) is 3.54. The highest BCUT2D eigenvalue weighted by atomic mass is 16.1. The Hall–Kier alpha value is -3.71. The first-order valence-corrected chi connectivity index (χ1v) is 13.1. The third-order valence-corrected chi connectivity index (χ3v) is 8.13. The fourth-order valence-corrected chi connectivity index (χ4v) is 5.48. The molecule has 1 saturated carbocycles. The number of carbonyl (C=O) groups is 1. The van der Waals surface area contributed by atoms with Gasteiger partial charge >= 0.3 is 0 Å². The summed E-state index contributed by atoms with van der Waals surface area (Å²) in [6.45, 7) is 7.23. The van der Waals surface area contributed by atoms with E-state index in [1.165, 1.54) is 0 Å². The quantitative estimate of drug-likeness (QED) is 0.442. The van der Waals surface area contributed by atoms with Gasteiger partial charge in [0.1, 0.15) is 0 Å². The molecule has 4 aromatic rings.